The van der Waals surface area contributed by atoms with Gasteiger partial charge in [0, 0.05) is 13.5 Å². The Balaban J connectivity index is 1.69. The van der Waals surface area contributed by atoms with Crippen molar-refractivity contribution >= 4 is 17.9 Å². The van der Waals surface area contributed by atoms with E-state index in [4.69, 9.17) is 23.7 Å². The first-order valence-electron chi connectivity index (χ1n) is 10.5. The molecule has 0 amide bonds. The lowest BCUT2D eigenvalue weighted by molar-refractivity contribution is -0.238. The summed E-state index contributed by atoms with van der Waals surface area (Å²) < 4.78 is 29.1. The van der Waals surface area contributed by atoms with Crippen molar-refractivity contribution in [3.8, 4) is 0 Å². The smallest absolute Gasteiger partial charge is 0.342 e. The van der Waals surface area contributed by atoms with Crippen LogP contribution in [-0.4, -0.2) is 65.9 Å². The van der Waals surface area contributed by atoms with Crippen LogP contribution in [0.3, 0.4) is 0 Å². The minimum Gasteiger partial charge on any atom is -0.459 e. The average Bonchev–Trinajstić information content (AvgIpc) is 3.35. The molecule has 0 aromatic heterocycles. The Morgan fingerprint density at radius 3 is 2.40 bits per heavy atom. The van der Waals surface area contributed by atoms with Gasteiger partial charge in [-0.25, -0.2) is 9.59 Å². The normalized spacial score (nSPS) is 57.6. The van der Waals surface area contributed by atoms with Gasteiger partial charge in [0.05, 0.1) is 16.7 Å². The van der Waals surface area contributed by atoms with Crippen molar-refractivity contribution in [2.24, 2.45) is 28.1 Å². The molecule has 0 aromatic carbocycles. The summed E-state index contributed by atoms with van der Waals surface area (Å²) in [7, 11) is 1.44. The molecule has 6 fully saturated rings. The van der Waals surface area contributed by atoms with E-state index in [1.54, 1.807) is 0 Å². The number of methoxy groups -OCH3 is 1. The van der Waals surface area contributed by atoms with E-state index >= 15 is 0 Å². The molecule has 0 bridgehead atoms. The van der Waals surface area contributed by atoms with Crippen LogP contribution in [0.15, 0.2) is 0 Å². The summed E-state index contributed by atoms with van der Waals surface area (Å²) in [5, 5.41) is 11.9. The van der Waals surface area contributed by atoms with Gasteiger partial charge in [0.2, 0.25) is 11.9 Å². The molecule has 7 unspecified atom stereocenters. The molecule has 4 heterocycles. The van der Waals surface area contributed by atoms with Crippen molar-refractivity contribution in [2.45, 2.75) is 76.3 Å². The van der Waals surface area contributed by atoms with Gasteiger partial charge in [0.15, 0.2) is 11.7 Å². The van der Waals surface area contributed by atoms with Crippen LogP contribution in [0.1, 0.15) is 40.5 Å². The van der Waals surface area contributed by atoms with Crippen molar-refractivity contribution in [2.75, 3.05) is 7.11 Å². The molecule has 4 saturated heterocycles. The van der Waals surface area contributed by atoms with E-state index in [0.717, 1.165) is 0 Å². The lowest BCUT2D eigenvalue weighted by Gasteiger charge is -2.47. The molecule has 9 nitrogen and oxygen atoms in total. The van der Waals surface area contributed by atoms with Crippen LogP contribution in [0.2, 0.25) is 0 Å². The van der Waals surface area contributed by atoms with Gasteiger partial charge in [0.25, 0.3) is 0 Å². The first-order chi connectivity index (χ1) is 13.9. The van der Waals surface area contributed by atoms with Crippen molar-refractivity contribution in [3.63, 3.8) is 0 Å². The monoisotopic (exact) mass is 422 g/mol. The zero-order valence-corrected chi connectivity index (χ0v) is 17.6. The van der Waals surface area contributed by atoms with Crippen molar-refractivity contribution in [3.05, 3.63) is 0 Å². The number of rotatable bonds is 1. The summed E-state index contributed by atoms with van der Waals surface area (Å²) in [5.41, 5.74) is -6.24. The van der Waals surface area contributed by atoms with Crippen molar-refractivity contribution in [1.82, 2.24) is 0 Å². The maximum Gasteiger partial charge on any atom is 0.342 e. The van der Waals surface area contributed by atoms with Gasteiger partial charge in [0.1, 0.15) is 12.2 Å². The molecular formula is C21H26O9. The number of fused-ring (bicyclic) bond motifs is 1. The Morgan fingerprint density at radius 2 is 1.77 bits per heavy atom. The Hall–Kier alpha value is -1.71. The summed E-state index contributed by atoms with van der Waals surface area (Å²) >= 11 is 0. The fraction of sp³-hybridized carbons (Fsp3) is 0.857. The summed E-state index contributed by atoms with van der Waals surface area (Å²) in [5.74, 6) is -3.00. The molecule has 1 N–H and O–H groups in total. The third kappa shape index (κ3) is 1.41. The van der Waals surface area contributed by atoms with Gasteiger partial charge in [-0.2, -0.15) is 0 Å². The van der Waals surface area contributed by atoms with Gasteiger partial charge >= 0.3 is 17.9 Å². The average molecular weight is 422 g/mol. The summed E-state index contributed by atoms with van der Waals surface area (Å²) in [6.45, 7) is 7.72. The Kier molecular flexibility index (Phi) is 3.08. The second kappa shape index (κ2) is 4.86. The van der Waals surface area contributed by atoms with Crippen LogP contribution >= 0.6 is 0 Å². The number of carbonyl (C=O) groups is 3. The molecule has 4 aliphatic heterocycles. The third-order valence-corrected chi connectivity index (χ3v) is 9.17. The van der Waals surface area contributed by atoms with E-state index in [-0.39, 0.29) is 17.8 Å². The summed E-state index contributed by atoms with van der Waals surface area (Å²) in [6.07, 6.45) is -2.97. The molecule has 2 aliphatic carbocycles. The van der Waals surface area contributed by atoms with Gasteiger partial charge < -0.3 is 28.8 Å². The predicted molar refractivity (Wildman–Crippen MR) is 95.4 cm³/mol. The van der Waals surface area contributed by atoms with Gasteiger partial charge in [-0.15, -0.1) is 0 Å². The number of esters is 3. The highest BCUT2D eigenvalue weighted by Crippen LogP contribution is 2.84. The first kappa shape index (κ1) is 19.0. The highest BCUT2D eigenvalue weighted by Gasteiger charge is 3.01. The molecule has 6 rings (SSSR count). The highest BCUT2D eigenvalue weighted by atomic mass is 16.8. The molecule has 9 heteroatoms. The summed E-state index contributed by atoms with van der Waals surface area (Å²) in [6, 6.07) is 0. The van der Waals surface area contributed by atoms with E-state index in [9.17, 15) is 19.5 Å². The van der Waals surface area contributed by atoms with Crippen LogP contribution in [-0.2, 0) is 38.1 Å². The largest absolute Gasteiger partial charge is 0.459 e. The number of ether oxygens (including phenoxy) is 5. The summed E-state index contributed by atoms with van der Waals surface area (Å²) in [4.78, 5) is 38.7. The molecule has 164 valence electrons. The SMILES string of the molecule is CO[C@H]1C(=O)OC2OC34C(=O)OC5CC(C(C)(C)C)C21C53CC1OC(=O)[C@@H](C)[C@@]14O. The van der Waals surface area contributed by atoms with Crippen LogP contribution in [0.25, 0.3) is 0 Å². The molecule has 0 aromatic rings. The topological polar surface area (TPSA) is 118 Å². The Morgan fingerprint density at radius 1 is 1.07 bits per heavy atom. The van der Waals surface area contributed by atoms with E-state index in [2.05, 4.69) is 20.8 Å². The Labute approximate surface area is 173 Å². The van der Waals surface area contributed by atoms with E-state index in [1.807, 2.05) is 0 Å². The maximum absolute atomic E-state index is 13.4. The van der Waals surface area contributed by atoms with Crippen molar-refractivity contribution < 1.29 is 43.2 Å². The standard InChI is InChI=1S/C21H26O9/c1-8-13(22)27-11-7-18-10-6-9(17(2,3)4)19(18)12(26-5)14(23)29-16(19)30-21(18,15(24)28-10)20(8,11)25/h8-12,16,25H,6-7H2,1-5H3/t8-,9?,10?,11?,12+,16?,18?,19?,20-,21?/m1/s1. The van der Waals surface area contributed by atoms with Gasteiger partial charge in [-0.05, 0) is 24.7 Å². The second-order valence-corrected chi connectivity index (χ2v) is 10.8. The predicted octanol–water partition coefficient (Wildman–Crippen LogP) is 0.314. The Bertz CT molecular complexity index is 909. The van der Waals surface area contributed by atoms with Gasteiger partial charge in [-0.3, -0.25) is 4.79 Å². The first-order valence-corrected chi connectivity index (χ1v) is 10.5. The quantitative estimate of drug-likeness (QED) is 0.471. The fourth-order valence-corrected chi connectivity index (χ4v) is 8.33. The van der Waals surface area contributed by atoms with E-state index < -0.39 is 70.5 Å². The number of carbonyl (C=O) groups excluding carboxylic acids is 3. The number of hydrogen-bond acceptors (Lipinski definition) is 9. The molecule has 6 aliphatic rings. The van der Waals surface area contributed by atoms with E-state index in [0.29, 0.717) is 6.42 Å². The molecular weight excluding hydrogens is 396 g/mol. The zero-order valence-electron chi connectivity index (χ0n) is 17.6. The van der Waals surface area contributed by atoms with Crippen LogP contribution in [0.4, 0.5) is 0 Å². The number of aliphatic hydroxyl groups is 1. The molecule has 30 heavy (non-hydrogen) atoms. The molecule has 2 saturated carbocycles. The molecule has 2 spiro atoms. The van der Waals surface area contributed by atoms with Gasteiger partial charge in [-0.1, -0.05) is 20.8 Å². The minimum atomic E-state index is -1.91. The zero-order chi connectivity index (χ0) is 21.6. The lowest BCUT2D eigenvalue weighted by Crippen LogP contribution is -2.66. The highest BCUT2D eigenvalue weighted by molar-refractivity contribution is 5.93. The maximum atomic E-state index is 13.4. The van der Waals surface area contributed by atoms with E-state index in [1.165, 1.54) is 14.0 Å². The minimum absolute atomic E-state index is 0.148. The third-order valence-electron chi connectivity index (χ3n) is 9.17. The molecule has 10 atom stereocenters. The van der Waals surface area contributed by atoms with Crippen LogP contribution in [0.5, 0.6) is 0 Å². The number of hydrogen-bond donors (Lipinski definition) is 1. The lowest BCUT2D eigenvalue weighted by atomic mass is 9.51. The van der Waals surface area contributed by atoms with Crippen molar-refractivity contribution in [1.29, 1.82) is 0 Å². The second-order valence-electron chi connectivity index (χ2n) is 10.8. The van der Waals surface area contributed by atoms with Crippen LogP contribution in [0, 0.1) is 28.1 Å². The molecule has 0 radical (unpaired) electrons. The fourth-order valence-electron chi connectivity index (χ4n) is 8.33. The van der Waals surface area contributed by atoms with Crippen LogP contribution < -0.4 is 0 Å².